The Balaban J connectivity index is 1.69. The molecule has 1 aromatic carbocycles. The van der Waals surface area contributed by atoms with E-state index in [9.17, 15) is 9.90 Å². The first-order valence-electron chi connectivity index (χ1n) is 9.23. The SMILES string of the molecule is CC(O)CC(C)Oc1cc2ncccc2cc1NC(=O)c1csc2cncnc12. The zero-order valence-corrected chi connectivity index (χ0v) is 16.8. The summed E-state index contributed by atoms with van der Waals surface area (Å²) in [6, 6.07) is 7.41. The van der Waals surface area contributed by atoms with Crippen LogP contribution in [-0.4, -0.2) is 38.2 Å². The number of nitrogens with zero attached hydrogens (tertiary/aromatic N) is 3. The van der Waals surface area contributed by atoms with Gasteiger partial charge in [0.1, 0.15) is 12.1 Å². The lowest BCUT2D eigenvalue weighted by Gasteiger charge is -2.19. The number of rotatable bonds is 6. The van der Waals surface area contributed by atoms with E-state index < -0.39 is 6.10 Å². The van der Waals surface area contributed by atoms with Crippen molar-refractivity contribution >= 4 is 44.1 Å². The molecule has 0 saturated heterocycles. The molecule has 3 heterocycles. The lowest BCUT2D eigenvalue weighted by Crippen LogP contribution is -2.20. The smallest absolute Gasteiger partial charge is 0.258 e. The Bertz CT molecular complexity index is 1170. The highest BCUT2D eigenvalue weighted by atomic mass is 32.1. The van der Waals surface area contributed by atoms with Gasteiger partial charge in [-0.05, 0) is 26.0 Å². The molecule has 148 valence electrons. The molecule has 0 aliphatic heterocycles. The van der Waals surface area contributed by atoms with Crippen LogP contribution in [-0.2, 0) is 0 Å². The maximum absolute atomic E-state index is 13.0. The Morgan fingerprint density at radius 3 is 3.00 bits per heavy atom. The molecular weight excluding hydrogens is 388 g/mol. The molecule has 0 bridgehead atoms. The van der Waals surface area contributed by atoms with Crippen molar-refractivity contribution in [3.05, 3.63) is 53.9 Å². The quantitative estimate of drug-likeness (QED) is 0.500. The van der Waals surface area contributed by atoms with Crippen molar-refractivity contribution in [3.63, 3.8) is 0 Å². The molecule has 2 N–H and O–H groups in total. The van der Waals surface area contributed by atoms with Crippen molar-refractivity contribution < 1.29 is 14.6 Å². The number of ether oxygens (including phenoxy) is 1. The van der Waals surface area contributed by atoms with Crippen LogP contribution in [0, 0.1) is 0 Å². The number of benzene rings is 1. The molecule has 29 heavy (non-hydrogen) atoms. The second kappa shape index (κ2) is 8.10. The number of anilines is 1. The van der Waals surface area contributed by atoms with Crippen molar-refractivity contribution in [1.82, 2.24) is 15.0 Å². The van der Waals surface area contributed by atoms with E-state index in [4.69, 9.17) is 4.74 Å². The van der Waals surface area contributed by atoms with E-state index in [2.05, 4.69) is 20.3 Å². The first kappa shape index (κ1) is 19.2. The molecule has 1 amide bonds. The minimum Gasteiger partial charge on any atom is -0.488 e. The van der Waals surface area contributed by atoms with Crippen LogP contribution in [0.3, 0.4) is 0 Å². The number of pyridine rings is 1. The maximum Gasteiger partial charge on any atom is 0.258 e. The summed E-state index contributed by atoms with van der Waals surface area (Å²) in [5, 5.41) is 15.2. The molecule has 8 heteroatoms. The van der Waals surface area contributed by atoms with E-state index in [1.54, 1.807) is 30.8 Å². The zero-order valence-electron chi connectivity index (χ0n) is 16.0. The van der Waals surface area contributed by atoms with Gasteiger partial charge < -0.3 is 15.2 Å². The fraction of sp³-hybridized carbons (Fsp3) is 0.238. The first-order chi connectivity index (χ1) is 14.0. The van der Waals surface area contributed by atoms with Gasteiger partial charge in [0.05, 0.1) is 39.2 Å². The fourth-order valence-electron chi connectivity index (χ4n) is 3.18. The summed E-state index contributed by atoms with van der Waals surface area (Å²) in [5.74, 6) is 0.234. The Morgan fingerprint density at radius 1 is 1.31 bits per heavy atom. The summed E-state index contributed by atoms with van der Waals surface area (Å²) in [6.45, 7) is 3.60. The molecule has 0 aliphatic rings. The Kier molecular flexibility index (Phi) is 5.37. The summed E-state index contributed by atoms with van der Waals surface area (Å²) in [5.41, 5.74) is 2.41. The van der Waals surface area contributed by atoms with Crippen molar-refractivity contribution in [2.24, 2.45) is 0 Å². The second-order valence-electron chi connectivity index (χ2n) is 6.90. The van der Waals surface area contributed by atoms with Crippen molar-refractivity contribution in [2.45, 2.75) is 32.5 Å². The maximum atomic E-state index is 13.0. The molecule has 4 rings (SSSR count). The standard InChI is InChI=1S/C21H20N4O3S/c1-12(26)6-13(2)28-18-8-16-14(4-3-5-23-16)7-17(18)25-21(27)15-10-29-19-9-22-11-24-20(15)19/h3-5,7-13,26H,6H2,1-2H3,(H,25,27). The topological polar surface area (TPSA) is 97.2 Å². The molecular formula is C21H20N4O3S. The third-order valence-corrected chi connectivity index (χ3v) is 5.34. The molecule has 3 aromatic heterocycles. The second-order valence-corrected chi connectivity index (χ2v) is 7.81. The lowest BCUT2D eigenvalue weighted by molar-refractivity contribution is 0.102. The number of hydrogen-bond acceptors (Lipinski definition) is 7. The normalized spacial score (nSPS) is 13.3. The van der Waals surface area contributed by atoms with Crippen LogP contribution in [0.5, 0.6) is 5.75 Å². The van der Waals surface area contributed by atoms with Gasteiger partial charge in [0.25, 0.3) is 5.91 Å². The van der Waals surface area contributed by atoms with Gasteiger partial charge in [-0.15, -0.1) is 11.3 Å². The Morgan fingerprint density at radius 2 is 2.17 bits per heavy atom. The van der Waals surface area contributed by atoms with Gasteiger partial charge >= 0.3 is 0 Å². The van der Waals surface area contributed by atoms with Crippen LogP contribution in [0.4, 0.5) is 5.69 Å². The molecule has 0 spiro atoms. The molecule has 0 saturated carbocycles. The van der Waals surface area contributed by atoms with Gasteiger partial charge in [-0.25, -0.2) is 9.97 Å². The molecule has 0 aliphatic carbocycles. The lowest BCUT2D eigenvalue weighted by atomic mass is 10.1. The summed E-state index contributed by atoms with van der Waals surface area (Å²) in [7, 11) is 0. The number of thiophene rings is 1. The van der Waals surface area contributed by atoms with Crippen molar-refractivity contribution in [1.29, 1.82) is 0 Å². The molecule has 2 atom stereocenters. The fourth-order valence-corrected chi connectivity index (χ4v) is 4.04. The van der Waals surface area contributed by atoms with E-state index >= 15 is 0 Å². The van der Waals surface area contributed by atoms with Crippen LogP contribution >= 0.6 is 11.3 Å². The third kappa shape index (κ3) is 4.18. The van der Waals surface area contributed by atoms with E-state index in [1.807, 2.05) is 25.1 Å². The number of nitrogens with one attached hydrogen (secondary N) is 1. The molecule has 4 aromatic rings. The van der Waals surface area contributed by atoms with Gasteiger partial charge in [-0.1, -0.05) is 6.07 Å². The average Bonchev–Trinajstić information content (AvgIpc) is 3.12. The molecule has 2 unspecified atom stereocenters. The van der Waals surface area contributed by atoms with Gasteiger partial charge in [0, 0.05) is 35.6 Å². The predicted molar refractivity (Wildman–Crippen MR) is 113 cm³/mol. The number of aliphatic hydroxyl groups is 1. The van der Waals surface area contributed by atoms with Crippen LogP contribution in [0.25, 0.3) is 21.1 Å². The van der Waals surface area contributed by atoms with E-state index in [0.717, 1.165) is 15.6 Å². The minimum atomic E-state index is -0.488. The number of amides is 1. The van der Waals surface area contributed by atoms with Crippen LogP contribution in [0.1, 0.15) is 30.6 Å². The van der Waals surface area contributed by atoms with Crippen LogP contribution < -0.4 is 10.1 Å². The Hall–Kier alpha value is -3.10. The summed E-state index contributed by atoms with van der Waals surface area (Å²) >= 11 is 1.42. The highest BCUT2D eigenvalue weighted by Gasteiger charge is 2.18. The largest absolute Gasteiger partial charge is 0.488 e. The van der Waals surface area contributed by atoms with Gasteiger partial charge in [0.2, 0.25) is 0 Å². The number of fused-ring (bicyclic) bond motifs is 2. The summed E-state index contributed by atoms with van der Waals surface area (Å²) in [6.07, 6.45) is 4.58. The van der Waals surface area contributed by atoms with Crippen LogP contribution in [0.2, 0.25) is 0 Å². The van der Waals surface area contributed by atoms with Gasteiger partial charge in [-0.3, -0.25) is 9.78 Å². The number of aromatic nitrogens is 3. The van der Waals surface area contributed by atoms with E-state index in [1.165, 1.54) is 17.7 Å². The molecule has 0 fully saturated rings. The molecule has 0 radical (unpaired) electrons. The average molecular weight is 408 g/mol. The third-order valence-electron chi connectivity index (χ3n) is 4.44. The minimum absolute atomic E-state index is 0.235. The molecule has 7 nitrogen and oxygen atoms in total. The van der Waals surface area contributed by atoms with Crippen LogP contribution in [0.15, 0.2) is 48.4 Å². The number of carbonyl (C=O) groups is 1. The van der Waals surface area contributed by atoms with Crippen molar-refractivity contribution in [3.8, 4) is 5.75 Å². The highest BCUT2D eigenvalue weighted by Crippen LogP contribution is 2.32. The monoisotopic (exact) mass is 408 g/mol. The number of hydrogen-bond donors (Lipinski definition) is 2. The Labute approximate surface area is 171 Å². The number of aliphatic hydroxyl groups excluding tert-OH is 1. The predicted octanol–water partition coefficient (Wildman–Crippen LogP) is 4.03. The summed E-state index contributed by atoms with van der Waals surface area (Å²) < 4.78 is 6.88. The first-order valence-corrected chi connectivity index (χ1v) is 10.1. The van der Waals surface area contributed by atoms with E-state index in [0.29, 0.717) is 28.9 Å². The van der Waals surface area contributed by atoms with Gasteiger partial charge in [0.15, 0.2) is 0 Å². The number of carbonyl (C=O) groups excluding carboxylic acids is 1. The van der Waals surface area contributed by atoms with E-state index in [-0.39, 0.29) is 12.0 Å². The zero-order chi connectivity index (χ0) is 20.4. The summed E-state index contributed by atoms with van der Waals surface area (Å²) in [4.78, 5) is 25.5. The van der Waals surface area contributed by atoms with Gasteiger partial charge in [-0.2, -0.15) is 0 Å². The highest BCUT2D eigenvalue weighted by molar-refractivity contribution is 7.17. The van der Waals surface area contributed by atoms with Crippen molar-refractivity contribution in [2.75, 3.05) is 5.32 Å².